The standard InChI is InChI=1S/C31H39F2N7O/c1-20-9-7-5-6-8-15-40-28-24(18-25(29(40)41)30(19-34)11-12-30)27(37-22(3)38-28)36-21(2)26-17-23(10-14-35-26)31(32,33)13-16-39(20)4/h10,14,17-18,20-21H,5-9,11-13,15-16H2,1-4H3,(H,36,37,38)/t20?,21-/m1/s1. The van der Waals surface area contributed by atoms with Crippen LogP contribution in [0.4, 0.5) is 14.6 Å². The number of alkyl halides is 2. The highest BCUT2D eigenvalue weighted by Crippen LogP contribution is 2.47. The number of rotatable bonds is 1. The first-order valence-electron chi connectivity index (χ1n) is 14.7. The van der Waals surface area contributed by atoms with Crippen molar-refractivity contribution < 1.29 is 8.78 Å². The maximum absolute atomic E-state index is 15.3. The summed E-state index contributed by atoms with van der Waals surface area (Å²) in [6.45, 7) is 6.50. The number of nitriles is 1. The molecule has 1 aliphatic carbocycles. The second-order valence-corrected chi connectivity index (χ2v) is 11.9. The average Bonchev–Trinajstić information content (AvgIpc) is 3.75. The van der Waals surface area contributed by atoms with Gasteiger partial charge in [-0.2, -0.15) is 5.26 Å². The van der Waals surface area contributed by atoms with Crippen molar-refractivity contribution in [1.82, 2.24) is 24.4 Å². The lowest BCUT2D eigenvalue weighted by Gasteiger charge is -2.27. The minimum Gasteiger partial charge on any atom is -0.361 e. The number of aryl methyl sites for hydroxylation is 2. The third-order valence-corrected chi connectivity index (χ3v) is 8.82. The highest BCUT2D eigenvalue weighted by Gasteiger charge is 2.47. The van der Waals surface area contributed by atoms with Gasteiger partial charge in [0.2, 0.25) is 0 Å². The first-order chi connectivity index (χ1) is 19.5. The number of hydrogen-bond acceptors (Lipinski definition) is 7. The number of halogens is 2. The van der Waals surface area contributed by atoms with E-state index in [0.717, 1.165) is 32.1 Å². The van der Waals surface area contributed by atoms with Gasteiger partial charge in [0, 0.05) is 42.9 Å². The summed E-state index contributed by atoms with van der Waals surface area (Å²) in [7, 11) is 1.91. The normalized spacial score (nSPS) is 23.4. The molecule has 0 radical (unpaired) electrons. The molecule has 218 valence electrons. The van der Waals surface area contributed by atoms with Crippen LogP contribution < -0.4 is 10.9 Å². The van der Waals surface area contributed by atoms with Gasteiger partial charge in [0.1, 0.15) is 17.3 Å². The summed E-state index contributed by atoms with van der Waals surface area (Å²) in [6, 6.07) is 6.72. The number of anilines is 1. The van der Waals surface area contributed by atoms with Crippen LogP contribution in [0.2, 0.25) is 0 Å². The van der Waals surface area contributed by atoms with E-state index in [4.69, 9.17) is 0 Å². The SMILES string of the molecule is Cc1nc2c3cc(C4(C#N)CC4)c(=O)n(c3n1)CCCCCCC(C)N(C)CCC(F)(F)c1ccnc(c1)[C@@H](C)N2. The zero-order chi connectivity index (χ0) is 29.4. The Morgan fingerprint density at radius 2 is 1.83 bits per heavy atom. The summed E-state index contributed by atoms with van der Waals surface area (Å²) in [5, 5.41) is 13.9. The fourth-order valence-electron chi connectivity index (χ4n) is 5.74. The van der Waals surface area contributed by atoms with Crippen molar-refractivity contribution in [3.05, 3.63) is 57.4 Å². The van der Waals surface area contributed by atoms with E-state index in [-0.39, 0.29) is 23.6 Å². The maximum atomic E-state index is 15.3. The number of nitrogens with one attached hydrogen (secondary N) is 1. The fraction of sp³-hybridized carbons (Fsp3) is 0.581. The van der Waals surface area contributed by atoms with E-state index >= 15 is 8.78 Å². The molecule has 4 heterocycles. The van der Waals surface area contributed by atoms with E-state index < -0.39 is 17.4 Å². The first kappa shape index (κ1) is 29.1. The molecule has 1 aliphatic heterocycles. The Kier molecular flexibility index (Phi) is 8.11. The molecule has 1 saturated carbocycles. The molecule has 41 heavy (non-hydrogen) atoms. The Bertz CT molecular complexity index is 1530. The van der Waals surface area contributed by atoms with Crippen LogP contribution in [0.5, 0.6) is 0 Å². The van der Waals surface area contributed by atoms with Gasteiger partial charge >= 0.3 is 0 Å². The maximum Gasteiger partial charge on any atom is 0.274 e. The largest absolute Gasteiger partial charge is 0.361 e. The number of fused-ring (bicyclic) bond motifs is 2. The third kappa shape index (κ3) is 5.96. The van der Waals surface area contributed by atoms with Gasteiger partial charge in [0.25, 0.3) is 11.5 Å². The number of aromatic nitrogens is 4. The fourth-order valence-corrected chi connectivity index (χ4v) is 5.74. The molecule has 2 aliphatic rings. The molecule has 1 N–H and O–H groups in total. The van der Waals surface area contributed by atoms with Gasteiger partial charge < -0.3 is 10.2 Å². The van der Waals surface area contributed by atoms with Crippen LogP contribution >= 0.6 is 0 Å². The van der Waals surface area contributed by atoms with Crippen LogP contribution in [0, 0.1) is 18.3 Å². The molecule has 5 rings (SSSR count). The van der Waals surface area contributed by atoms with Gasteiger partial charge in [-0.25, -0.2) is 18.7 Å². The van der Waals surface area contributed by atoms with E-state index in [2.05, 4.69) is 33.3 Å². The molecule has 1 unspecified atom stereocenters. The molecule has 3 aromatic rings. The van der Waals surface area contributed by atoms with Gasteiger partial charge in [-0.05, 0) is 71.7 Å². The summed E-state index contributed by atoms with van der Waals surface area (Å²) < 4.78 is 32.4. The molecule has 2 atom stereocenters. The van der Waals surface area contributed by atoms with Crippen molar-refractivity contribution in [2.45, 2.75) is 102 Å². The van der Waals surface area contributed by atoms with Crippen LogP contribution in [0.3, 0.4) is 0 Å². The zero-order valence-electron chi connectivity index (χ0n) is 24.4. The van der Waals surface area contributed by atoms with Crippen LogP contribution in [0.1, 0.15) is 93.9 Å². The van der Waals surface area contributed by atoms with Gasteiger partial charge in [0.05, 0.1) is 28.6 Å². The number of pyridine rings is 2. The Labute approximate surface area is 239 Å². The molecule has 10 heteroatoms. The summed E-state index contributed by atoms with van der Waals surface area (Å²) in [5.74, 6) is -2.01. The minimum atomic E-state index is -2.99. The van der Waals surface area contributed by atoms with Crippen molar-refractivity contribution in [3.8, 4) is 6.07 Å². The molecule has 0 spiro atoms. The predicted octanol–water partition coefficient (Wildman–Crippen LogP) is 5.99. The topological polar surface area (TPSA) is 99.7 Å². The molecule has 3 aromatic heterocycles. The van der Waals surface area contributed by atoms with Crippen molar-refractivity contribution in [1.29, 1.82) is 5.26 Å². The Morgan fingerprint density at radius 3 is 2.56 bits per heavy atom. The minimum absolute atomic E-state index is 0.0591. The van der Waals surface area contributed by atoms with Crippen LogP contribution in [0.25, 0.3) is 11.0 Å². The molecule has 0 amide bonds. The van der Waals surface area contributed by atoms with Gasteiger partial charge in [-0.1, -0.05) is 19.3 Å². The summed E-state index contributed by atoms with van der Waals surface area (Å²) in [4.78, 5) is 29.5. The smallest absolute Gasteiger partial charge is 0.274 e. The second-order valence-electron chi connectivity index (χ2n) is 11.9. The lowest BCUT2D eigenvalue weighted by atomic mass is 9.97. The van der Waals surface area contributed by atoms with Crippen molar-refractivity contribution in [3.63, 3.8) is 0 Å². The first-order valence-corrected chi connectivity index (χ1v) is 14.7. The summed E-state index contributed by atoms with van der Waals surface area (Å²) >= 11 is 0. The lowest BCUT2D eigenvalue weighted by molar-refractivity contribution is -0.0228. The average molecular weight is 564 g/mol. The van der Waals surface area contributed by atoms with Crippen LogP contribution in [-0.2, 0) is 17.9 Å². The van der Waals surface area contributed by atoms with Crippen LogP contribution in [-0.4, -0.2) is 44.1 Å². The number of nitrogens with zero attached hydrogens (tertiary/aromatic N) is 6. The van der Waals surface area contributed by atoms with E-state index in [1.807, 2.05) is 18.9 Å². The molecule has 1 fully saturated rings. The van der Waals surface area contributed by atoms with Crippen LogP contribution in [0.15, 0.2) is 29.2 Å². The summed E-state index contributed by atoms with van der Waals surface area (Å²) in [6.07, 6.45) is 7.08. The Morgan fingerprint density at radius 1 is 1.07 bits per heavy atom. The van der Waals surface area contributed by atoms with E-state index in [0.29, 0.717) is 59.9 Å². The molecule has 8 nitrogen and oxygen atoms in total. The molecular formula is C31H39F2N7O. The quantitative estimate of drug-likeness (QED) is 0.388. The molecule has 0 saturated heterocycles. The van der Waals surface area contributed by atoms with E-state index in [1.165, 1.54) is 18.3 Å². The van der Waals surface area contributed by atoms with E-state index in [1.54, 1.807) is 17.6 Å². The van der Waals surface area contributed by atoms with Gasteiger partial charge in [-0.15, -0.1) is 0 Å². The van der Waals surface area contributed by atoms with Gasteiger partial charge in [0.15, 0.2) is 0 Å². The van der Waals surface area contributed by atoms with Crippen molar-refractivity contribution >= 4 is 16.9 Å². The van der Waals surface area contributed by atoms with Gasteiger partial charge in [-0.3, -0.25) is 14.3 Å². The number of hydrogen-bond donors (Lipinski definition) is 1. The molecule has 0 aromatic carbocycles. The Balaban J connectivity index is 1.60. The highest BCUT2D eigenvalue weighted by molar-refractivity contribution is 5.88. The molecule has 6 bridgehead atoms. The molecular weight excluding hydrogens is 524 g/mol. The van der Waals surface area contributed by atoms with Crippen molar-refractivity contribution in [2.75, 3.05) is 18.9 Å². The van der Waals surface area contributed by atoms with Crippen molar-refractivity contribution in [2.24, 2.45) is 0 Å². The monoisotopic (exact) mass is 563 g/mol. The predicted molar refractivity (Wildman–Crippen MR) is 155 cm³/mol. The second kappa shape index (κ2) is 11.4. The van der Waals surface area contributed by atoms with E-state index in [9.17, 15) is 10.1 Å². The lowest BCUT2D eigenvalue weighted by Crippen LogP contribution is -2.33. The summed E-state index contributed by atoms with van der Waals surface area (Å²) in [5.41, 5.74) is 0.464. The zero-order valence-corrected chi connectivity index (χ0v) is 24.4. The highest BCUT2D eigenvalue weighted by atomic mass is 19.3. The Hall–Kier alpha value is -3.45. The third-order valence-electron chi connectivity index (χ3n) is 8.82.